The second-order valence-corrected chi connectivity index (χ2v) is 5.82. The van der Waals surface area contributed by atoms with Crippen molar-refractivity contribution < 1.29 is 4.12 Å². The Morgan fingerprint density at radius 2 is 2.50 bits per heavy atom. The highest BCUT2D eigenvalue weighted by Crippen LogP contribution is 1.87. The van der Waals surface area contributed by atoms with Crippen molar-refractivity contribution in [3.63, 3.8) is 0 Å². The van der Waals surface area contributed by atoms with Crippen molar-refractivity contribution >= 4 is 19.5 Å². The van der Waals surface area contributed by atoms with Gasteiger partial charge in [-0.2, -0.15) is 0 Å². The summed E-state index contributed by atoms with van der Waals surface area (Å²) in [6.07, 6.45) is 1.76. The van der Waals surface area contributed by atoms with Crippen LogP contribution in [0.15, 0.2) is 12.7 Å². The van der Waals surface area contributed by atoms with E-state index in [1.165, 1.54) is 0 Å². The minimum Gasteiger partial charge on any atom is -0.465 e. The Balaban J connectivity index is 3.44. The molecule has 0 aliphatic rings. The Labute approximate surface area is 55.0 Å². The molecule has 4 heteroatoms. The smallest absolute Gasteiger partial charge is 0.180 e. The van der Waals surface area contributed by atoms with Crippen LogP contribution in [0.1, 0.15) is 0 Å². The van der Waals surface area contributed by atoms with Gasteiger partial charge in [0.2, 0.25) is 0 Å². The van der Waals surface area contributed by atoms with Gasteiger partial charge in [0.15, 0.2) is 9.04 Å². The molecule has 0 rings (SSSR count). The van der Waals surface area contributed by atoms with Crippen LogP contribution in [0.4, 0.5) is 0 Å². The molecule has 2 N–H and O–H groups in total. The third kappa shape index (κ3) is 2.41. The molecule has 0 amide bonds. The summed E-state index contributed by atoms with van der Waals surface area (Å²) in [5.41, 5.74) is 5.70. The highest BCUT2D eigenvalue weighted by atomic mass is 28.3. The largest absolute Gasteiger partial charge is 0.465 e. The van der Waals surface area contributed by atoms with Crippen LogP contribution < -0.4 is 5.73 Å². The summed E-state index contributed by atoms with van der Waals surface area (Å²) in [7, 11) is -0.245. The Hall–Kier alpha value is 0.0938. The Bertz CT molecular complexity index is 78.4. The third-order valence-electron chi connectivity index (χ3n) is 1.19. The zero-order valence-corrected chi connectivity index (χ0v) is 8.58. The van der Waals surface area contributed by atoms with Crippen molar-refractivity contribution in [2.75, 3.05) is 0 Å². The number of rotatable bonds is 3. The zero-order valence-electron chi connectivity index (χ0n) is 5.42. The first-order valence-electron chi connectivity index (χ1n) is 2.63. The predicted molar refractivity (Wildman–Crippen MR) is 42.2 cm³/mol. The topological polar surface area (TPSA) is 35.2 Å². The van der Waals surface area contributed by atoms with E-state index >= 15 is 0 Å². The maximum absolute atomic E-state index is 5.57. The fourth-order valence-corrected chi connectivity index (χ4v) is 1.99. The molecule has 8 heavy (non-hydrogen) atoms. The molecule has 0 aliphatic heterocycles. The van der Waals surface area contributed by atoms with Crippen molar-refractivity contribution in [2.45, 2.75) is 12.2 Å². The molecule has 48 valence electrons. The molecular weight excluding hydrogens is 134 g/mol. The molecular formula is C4H13NOSi2. The lowest BCUT2D eigenvalue weighted by Gasteiger charge is -2.11. The van der Waals surface area contributed by atoms with Crippen molar-refractivity contribution in [1.82, 2.24) is 0 Å². The highest BCUT2D eigenvalue weighted by Gasteiger charge is 2.07. The lowest BCUT2D eigenvalue weighted by molar-refractivity contribution is 0.625. The van der Waals surface area contributed by atoms with Crippen LogP contribution in [0.25, 0.3) is 0 Å². The third-order valence-corrected chi connectivity index (χ3v) is 5.52. The number of hydrogen-bond donors (Lipinski definition) is 1. The standard InChI is InChI=1S/C4H13NOSi2/c1-3-4(5)8(2)6-7/h3-4,8H,1,5H2,2,7H3. The fourth-order valence-electron chi connectivity index (χ4n) is 0.349. The zero-order chi connectivity index (χ0) is 6.57. The van der Waals surface area contributed by atoms with Gasteiger partial charge in [-0.3, -0.25) is 0 Å². The summed E-state index contributed by atoms with van der Waals surface area (Å²) < 4.78 is 5.18. The van der Waals surface area contributed by atoms with Gasteiger partial charge in [-0.05, 0) is 6.55 Å². The molecule has 2 atom stereocenters. The molecule has 0 spiro atoms. The van der Waals surface area contributed by atoms with E-state index in [0.717, 1.165) is 10.5 Å². The summed E-state index contributed by atoms with van der Waals surface area (Å²) >= 11 is 0. The normalized spacial score (nSPS) is 17.8. The van der Waals surface area contributed by atoms with Crippen molar-refractivity contribution in [3.05, 3.63) is 12.7 Å². The summed E-state index contributed by atoms with van der Waals surface area (Å²) in [4.78, 5) is 0. The molecule has 0 aliphatic carbocycles. The molecule has 2 unspecified atom stereocenters. The second kappa shape index (κ2) is 4.02. The molecule has 0 heterocycles. The quantitative estimate of drug-likeness (QED) is 0.397. The molecule has 0 aromatic heterocycles. The maximum atomic E-state index is 5.57. The van der Waals surface area contributed by atoms with Crippen LogP contribution in [0.5, 0.6) is 0 Å². The van der Waals surface area contributed by atoms with E-state index < -0.39 is 9.04 Å². The average Bonchev–Trinajstić information content (AvgIpc) is 1.84. The van der Waals surface area contributed by atoms with E-state index in [1.54, 1.807) is 6.08 Å². The van der Waals surface area contributed by atoms with E-state index in [0.29, 0.717) is 0 Å². The van der Waals surface area contributed by atoms with Gasteiger partial charge in [0.05, 0.1) is 0 Å². The number of nitrogens with two attached hydrogens (primary N) is 1. The van der Waals surface area contributed by atoms with Crippen LogP contribution in [-0.4, -0.2) is 25.2 Å². The molecule has 0 aromatic carbocycles. The van der Waals surface area contributed by atoms with Crippen molar-refractivity contribution in [1.29, 1.82) is 0 Å². The van der Waals surface area contributed by atoms with Gasteiger partial charge in [0.25, 0.3) is 0 Å². The van der Waals surface area contributed by atoms with Crippen molar-refractivity contribution in [2.24, 2.45) is 5.73 Å². The average molecular weight is 147 g/mol. The highest BCUT2D eigenvalue weighted by molar-refractivity contribution is 6.56. The lowest BCUT2D eigenvalue weighted by Crippen LogP contribution is -2.36. The summed E-state index contributed by atoms with van der Waals surface area (Å²) in [5.74, 6) is 0. The first kappa shape index (κ1) is 8.09. The van der Waals surface area contributed by atoms with Gasteiger partial charge in [-0.25, -0.2) is 0 Å². The SMILES string of the molecule is C=CC(N)[SiH](C)O[SiH3]. The monoisotopic (exact) mass is 147 g/mol. The van der Waals surface area contributed by atoms with E-state index in [2.05, 4.69) is 13.1 Å². The summed E-state index contributed by atoms with van der Waals surface area (Å²) in [6, 6.07) is 0. The first-order chi connectivity index (χ1) is 3.72. The van der Waals surface area contributed by atoms with Crippen LogP contribution in [0.2, 0.25) is 6.55 Å². The van der Waals surface area contributed by atoms with Gasteiger partial charge in [0.1, 0.15) is 10.5 Å². The molecule has 0 bridgehead atoms. The molecule has 0 radical (unpaired) electrons. The minimum absolute atomic E-state index is 0.132. The molecule has 0 fully saturated rings. The molecule has 0 saturated heterocycles. The van der Waals surface area contributed by atoms with Crippen LogP contribution in [-0.2, 0) is 4.12 Å². The van der Waals surface area contributed by atoms with Crippen LogP contribution in [0.3, 0.4) is 0 Å². The van der Waals surface area contributed by atoms with Crippen LogP contribution in [0, 0.1) is 0 Å². The van der Waals surface area contributed by atoms with Gasteiger partial charge < -0.3 is 9.85 Å². The van der Waals surface area contributed by atoms with Gasteiger partial charge in [-0.15, -0.1) is 6.58 Å². The maximum Gasteiger partial charge on any atom is 0.180 e. The fraction of sp³-hybridized carbons (Fsp3) is 0.500. The Morgan fingerprint density at radius 1 is 2.00 bits per heavy atom. The summed E-state index contributed by atoms with van der Waals surface area (Å²) in [5, 5.41) is 0. The van der Waals surface area contributed by atoms with Crippen LogP contribution >= 0.6 is 0 Å². The summed E-state index contributed by atoms with van der Waals surface area (Å²) in [6.45, 7) is 5.66. The molecule has 0 aromatic rings. The van der Waals surface area contributed by atoms with E-state index in [9.17, 15) is 0 Å². The molecule has 2 nitrogen and oxygen atoms in total. The predicted octanol–water partition coefficient (Wildman–Crippen LogP) is -1.31. The van der Waals surface area contributed by atoms with Gasteiger partial charge >= 0.3 is 0 Å². The Morgan fingerprint density at radius 3 is 2.62 bits per heavy atom. The molecule has 0 saturated carbocycles. The van der Waals surface area contributed by atoms with E-state index in [1.807, 2.05) is 0 Å². The second-order valence-electron chi connectivity index (χ2n) is 1.75. The number of hydrogen-bond acceptors (Lipinski definition) is 2. The lowest BCUT2D eigenvalue weighted by atomic mass is 10.6. The van der Waals surface area contributed by atoms with Gasteiger partial charge in [-0.1, -0.05) is 6.08 Å². The first-order valence-corrected chi connectivity index (χ1v) is 5.74. The Kier molecular flexibility index (Phi) is 4.07. The minimum atomic E-state index is -1.05. The van der Waals surface area contributed by atoms with Gasteiger partial charge in [0, 0.05) is 5.67 Å². The van der Waals surface area contributed by atoms with E-state index in [4.69, 9.17) is 9.85 Å². The van der Waals surface area contributed by atoms with Crippen molar-refractivity contribution in [3.8, 4) is 0 Å². The van der Waals surface area contributed by atoms with E-state index in [-0.39, 0.29) is 5.67 Å².